The molecule has 3 rings (SSSR count). The van der Waals surface area contributed by atoms with Crippen molar-refractivity contribution < 1.29 is 4.74 Å². The number of likely N-dealkylation sites (tertiary alicyclic amines) is 1. The molecule has 1 N–H and O–H groups in total. The second-order valence-corrected chi connectivity index (χ2v) is 6.29. The third-order valence-electron chi connectivity index (χ3n) is 4.87. The molecule has 104 valence electrons. The molecule has 2 saturated heterocycles. The summed E-state index contributed by atoms with van der Waals surface area (Å²) in [5, 5.41) is 3.67. The number of hydrogen-bond donors (Lipinski definition) is 1. The standard InChI is InChI=1S/C15H28N2O/c1-2-8-16-13-5-9-17(10-6-13)14-7-11-18-15(14)12-3-4-12/h12-16H,2-11H2,1H3. The van der Waals surface area contributed by atoms with Gasteiger partial charge in [-0.15, -0.1) is 0 Å². The van der Waals surface area contributed by atoms with Crippen molar-refractivity contribution in [1.82, 2.24) is 10.2 Å². The van der Waals surface area contributed by atoms with Crippen molar-refractivity contribution >= 4 is 0 Å². The largest absolute Gasteiger partial charge is 0.376 e. The Labute approximate surface area is 111 Å². The maximum absolute atomic E-state index is 5.98. The van der Waals surface area contributed by atoms with Crippen molar-refractivity contribution in [2.45, 2.75) is 63.6 Å². The van der Waals surface area contributed by atoms with Crippen molar-refractivity contribution in [3.63, 3.8) is 0 Å². The van der Waals surface area contributed by atoms with E-state index in [9.17, 15) is 0 Å². The molecular weight excluding hydrogens is 224 g/mol. The second kappa shape index (κ2) is 5.89. The molecule has 2 atom stereocenters. The number of hydrogen-bond acceptors (Lipinski definition) is 3. The van der Waals surface area contributed by atoms with Crippen LogP contribution in [-0.2, 0) is 4.74 Å². The molecule has 2 aliphatic heterocycles. The van der Waals surface area contributed by atoms with E-state index in [1.807, 2.05) is 0 Å². The molecule has 0 spiro atoms. The maximum atomic E-state index is 5.98. The minimum Gasteiger partial charge on any atom is -0.376 e. The Morgan fingerprint density at radius 2 is 1.89 bits per heavy atom. The predicted octanol–water partition coefficient (Wildman–Crippen LogP) is 2.02. The first-order chi connectivity index (χ1) is 8.88. The summed E-state index contributed by atoms with van der Waals surface area (Å²) in [4.78, 5) is 2.72. The maximum Gasteiger partial charge on any atom is 0.0759 e. The number of nitrogens with zero attached hydrogens (tertiary/aromatic N) is 1. The van der Waals surface area contributed by atoms with Crippen LogP contribution in [0.2, 0.25) is 0 Å². The van der Waals surface area contributed by atoms with Gasteiger partial charge in [0, 0.05) is 31.8 Å². The molecule has 0 aromatic heterocycles. The molecule has 0 bridgehead atoms. The molecule has 1 aliphatic carbocycles. The molecule has 3 heteroatoms. The van der Waals surface area contributed by atoms with Crippen LogP contribution in [0.15, 0.2) is 0 Å². The highest BCUT2D eigenvalue weighted by Crippen LogP contribution is 2.40. The van der Waals surface area contributed by atoms with Crippen molar-refractivity contribution in [2.24, 2.45) is 5.92 Å². The highest BCUT2D eigenvalue weighted by molar-refractivity contribution is 4.96. The van der Waals surface area contributed by atoms with Crippen LogP contribution in [0.4, 0.5) is 0 Å². The lowest BCUT2D eigenvalue weighted by atomic mass is 9.98. The lowest BCUT2D eigenvalue weighted by molar-refractivity contribution is 0.0357. The molecule has 1 saturated carbocycles. The van der Waals surface area contributed by atoms with Crippen LogP contribution >= 0.6 is 0 Å². The van der Waals surface area contributed by atoms with E-state index in [-0.39, 0.29) is 0 Å². The van der Waals surface area contributed by atoms with E-state index in [1.165, 1.54) is 58.2 Å². The van der Waals surface area contributed by atoms with Crippen molar-refractivity contribution in [2.75, 3.05) is 26.2 Å². The van der Waals surface area contributed by atoms with Gasteiger partial charge in [-0.1, -0.05) is 6.92 Å². The number of piperidine rings is 1. The van der Waals surface area contributed by atoms with Crippen molar-refractivity contribution in [3.05, 3.63) is 0 Å². The van der Waals surface area contributed by atoms with Gasteiger partial charge in [0.05, 0.1) is 6.10 Å². The number of rotatable bonds is 5. The molecule has 18 heavy (non-hydrogen) atoms. The van der Waals surface area contributed by atoms with Gasteiger partial charge in [0.1, 0.15) is 0 Å². The highest BCUT2D eigenvalue weighted by atomic mass is 16.5. The van der Waals surface area contributed by atoms with Gasteiger partial charge in [0.25, 0.3) is 0 Å². The van der Waals surface area contributed by atoms with E-state index in [0.29, 0.717) is 6.10 Å². The van der Waals surface area contributed by atoms with E-state index >= 15 is 0 Å². The van der Waals surface area contributed by atoms with Crippen molar-refractivity contribution in [1.29, 1.82) is 0 Å². The summed E-state index contributed by atoms with van der Waals surface area (Å²) in [6.45, 7) is 6.98. The number of ether oxygens (including phenoxy) is 1. The molecule has 3 nitrogen and oxygen atoms in total. The summed E-state index contributed by atoms with van der Waals surface area (Å²) in [7, 11) is 0. The smallest absolute Gasteiger partial charge is 0.0759 e. The van der Waals surface area contributed by atoms with Crippen LogP contribution in [0.1, 0.15) is 45.4 Å². The fourth-order valence-corrected chi connectivity index (χ4v) is 3.65. The Balaban J connectivity index is 1.46. The lowest BCUT2D eigenvalue weighted by Crippen LogP contribution is -2.49. The van der Waals surface area contributed by atoms with Crippen LogP contribution in [0, 0.1) is 5.92 Å². The van der Waals surface area contributed by atoms with Gasteiger partial charge in [0.15, 0.2) is 0 Å². The van der Waals surface area contributed by atoms with Gasteiger partial charge in [-0.2, -0.15) is 0 Å². The van der Waals surface area contributed by atoms with Crippen LogP contribution in [-0.4, -0.2) is 49.3 Å². The van der Waals surface area contributed by atoms with Crippen LogP contribution in [0.5, 0.6) is 0 Å². The van der Waals surface area contributed by atoms with Crippen LogP contribution < -0.4 is 5.32 Å². The molecule has 0 radical (unpaired) electrons. The molecule has 2 heterocycles. The highest BCUT2D eigenvalue weighted by Gasteiger charge is 2.43. The Morgan fingerprint density at radius 3 is 2.56 bits per heavy atom. The normalized spacial score (nSPS) is 35.2. The van der Waals surface area contributed by atoms with Gasteiger partial charge < -0.3 is 10.1 Å². The molecule has 2 unspecified atom stereocenters. The Kier molecular flexibility index (Phi) is 4.22. The number of nitrogens with one attached hydrogen (secondary N) is 1. The van der Waals surface area contributed by atoms with E-state index in [0.717, 1.165) is 24.6 Å². The monoisotopic (exact) mass is 252 g/mol. The SMILES string of the molecule is CCCNC1CCN(C2CCOC2C2CC2)CC1. The Hall–Kier alpha value is -0.120. The fraction of sp³-hybridized carbons (Fsp3) is 1.00. The first-order valence-electron chi connectivity index (χ1n) is 7.97. The summed E-state index contributed by atoms with van der Waals surface area (Å²) in [6, 6.07) is 1.51. The molecule has 3 aliphatic rings. The quantitative estimate of drug-likeness (QED) is 0.810. The van der Waals surface area contributed by atoms with E-state index in [2.05, 4.69) is 17.1 Å². The summed E-state index contributed by atoms with van der Waals surface area (Å²) in [5.74, 6) is 0.897. The summed E-state index contributed by atoms with van der Waals surface area (Å²) in [6.07, 6.45) is 8.58. The van der Waals surface area contributed by atoms with E-state index in [4.69, 9.17) is 4.74 Å². The minimum absolute atomic E-state index is 0.574. The van der Waals surface area contributed by atoms with E-state index in [1.54, 1.807) is 0 Å². The average Bonchev–Trinajstić information content (AvgIpc) is 3.15. The summed E-state index contributed by atoms with van der Waals surface area (Å²) in [5.41, 5.74) is 0. The molecule has 0 aromatic rings. The van der Waals surface area contributed by atoms with Gasteiger partial charge in [-0.3, -0.25) is 4.90 Å². The van der Waals surface area contributed by atoms with Crippen LogP contribution in [0.3, 0.4) is 0 Å². The van der Waals surface area contributed by atoms with Crippen LogP contribution in [0.25, 0.3) is 0 Å². The summed E-state index contributed by atoms with van der Waals surface area (Å²) < 4.78 is 5.98. The Bertz CT molecular complexity index is 259. The third-order valence-corrected chi connectivity index (χ3v) is 4.87. The molecule has 0 aromatic carbocycles. The van der Waals surface area contributed by atoms with Gasteiger partial charge in [-0.25, -0.2) is 0 Å². The predicted molar refractivity (Wildman–Crippen MR) is 73.8 cm³/mol. The lowest BCUT2D eigenvalue weighted by Gasteiger charge is -2.38. The first kappa shape index (κ1) is 12.9. The zero-order valence-corrected chi connectivity index (χ0v) is 11.7. The average molecular weight is 252 g/mol. The minimum atomic E-state index is 0.574. The van der Waals surface area contributed by atoms with E-state index < -0.39 is 0 Å². The molecular formula is C15H28N2O. The zero-order chi connectivity index (χ0) is 12.4. The van der Waals surface area contributed by atoms with Gasteiger partial charge in [-0.05, 0) is 51.0 Å². The molecule has 3 fully saturated rings. The first-order valence-corrected chi connectivity index (χ1v) is 7.97. The van der Waals surface area contributed by atoms with Gasteiger partial charge in [0.2, 0.25) is 0 Å². The fourth-order valence-electron chi connectivity index (χ4n) is 3.65. The second-order valence-electron chi connectivity index (χ2n) is 6.29. The molecule has 0 amide bonds. The topological polar surface area (TPSA) is 24.5 Å². The Morgan fingerprint density at radius 1 is 1.11 bits per heavy atom. The van der Waals surface area contributed by atoms with Gasteiger partial charge >= 0.3 is 0 Å². The third kappa shape index (κ3) is 2.89. The zero-order valence-electron chi connectivity index (χ0n) is 11.7. The summed E-state index contributed by atoms with van der Waals surface area (Å²) >= 11 is 0. The van der Waals surface area contributed by atoms with Crippen molar-refractivity contribution in [3.8, 4) is 0 Å².